The van der Waals surface area contributed by atoms with E-state index in [0.29, 0.717) is 24.6 Å². The van der Waals surface area contributed by atoms with E-state index in [2.05, 4.69) is 61.3 Å². The molecule has 5 nitrogen and oxygen atoms in total. The van der Waals surface area contributed by atoms with Crippen LogP contribution in [0, 0.1) is 18.8 Å². The summed E-state index contributed by atoms with van der Waals surface area (Å²) in [6, 6.07) is 14.4. The van der Waals surface area contributed by atoms with Gasteiger partial charge in [-0.05, 0) is 67.3 Å². The molecule has 2 atom stereocenters. The first-order valence-electron chi connectivity index (χ1n) is 12.3. The molecule has 1 aliphatic carbocycles. The van der Waals surface area contributed by atoms with Crippen molar-refractivity contribution < 1.29 is 14.3 Å². The number of benzene rings is 2. The molecule has 1 heterocycles. The lowest BCUT2D eigenvalue weighted by atomic mass is 9.87. The molecule has 2 aromatic carbocycles. The summed E-state index contributed by atoms with van der Waals surface area (Å²) < 4.78 is 6.17. The summed E-state index contributed by atoms with van der Waals surface area (Å²) in [5, 5.41) is 2.98. The van der Waals surface area contributed by atoms with Crippen LogP contribution in [0.25, 0.3) is 0 Å². The van der Waals surface area contributed by atoms with Crippen LogP contribution in [0.2, 0.25) is 0 Å². The van der Waals surface area contributed by atoms with Gasteiger partial charge < -0.3 is 15.0 Å². The minimum Gasteiger partial charge on any atom is -0.481 e. The van der Waals surface area contributed by atoms with Crippen molar-refractivity contribution in [3.63, 3.8) is 0 Å². The summed E-state index contributed by atoms with van der Waals surface area (Å²) in [5.41, 5.74) is 4.66. The average Bonchev–Trinajstić information content (AvgIpc) is 3.65. The van der Waals surface area contributed by atoms with Crippen LogP contribution in [0.15, 0.2) is 42.5 Å². The van der Waals surface area contributed by atoms with Gasteiger partial charge in [-0.25, -0.2) is 0 Å². The Morgan fingerprint density at radius 1 is 1.15 bits per heavy atom. The SMILES string of the molecule is CCC(Oc1ccc2c(c1)C(c1cccc(C)c1)N(C(=O)C1CC1)CC2)C(=O)NCC(C)C. The van der Waals surface area contributed by atoms with Crippen molar-refractivity contribution in [2.75, 3.05) is 13.1 Å². The van der Waals surface area contributed by atoms with Crippen LogP contribution in [-0.4, -0.2) is 35.9 Å². The minimum absolute atomic E-state index is 0.0790. The van der Waals surface area contributed by atoms with Gasteiger partial charge in [-0.1, -0.05) is 56.7 Å². The number of carbonyl (C=O) groups is 2. The molecule has 0 saturated heterocycles. The smallest absolute Gasteiger partial charge is 0.261 e. The van der Waals surface area contributed by atoms with Gasteiger partial charge >= 0.3 is 0 Å². The Labute approximate surface area is 197 Å². The monoisotopic (exact) mass is 448 g/mol. The lowest BCUT2D eigenvalue weighted by Gasteiger charge is -2.38. The van der Waals surface area contributed by atoms with Crippen molar-refractivity contribution >= 4 is 11.8 Å². The van der Waals surface area contributed by atoms with Crippen molar-refractivity contribution in [3.8, 4) is 5.75 Å². The van der Waals surface area contributed by atoms with Crippen LogP contribution in [0.4, 0.5) is 0 Å². The summed E-state index contributed by atoms with van der Waals surface area (Å²) in [6.07, 6.45) is 2.88. The van der Waals surface area contributed by atoms with Gasteiger partial charge in [-0.15, -0.1) is 0 Å². The molecule has 1 fully saturated rings. The van der Waals surface area contributed by atoms with Gasteiger partial charge in [0.05, 0.1) is 6.04 Å². The average molecular weight is 449 g/mol. The summed E-state index contributed by atoms with van der Waals surface area (Å²) in [6.45, 7) is 9.56. The summed E-state index contributed by atoms with van der Waals surface area (Å²) in [7, 11) is 0. The molecule has 0 radical (unpaired) electrons. The molecule has 0 bridgehead atoms. The molecule has 5 heteroatoms. The van der Waals surface area contributed by atoms with E-state index in [-0.39, 0.29) is 23.8 Å². The second-order valence-electron chi connectivity index (χ2n) is 9.89. The normalized spacial score (nSPS) is 18.6. The van der Waals surface area contributed by atoms with E-state index >= 15 is 0 Å². The zero-order valence-electron chi connectivity index (χ0n) is 20.3. The number of aryl methyl sites for hydroxylation is 1. The molecule has 2 aromatic rings. The Morgan fingerprint density at radius 3 is 2.61 bits per heavy atom. The lowest BCUT2D eigenvalue weighted by molar-refractivity contribution is -0.134. The number of hydrogen-bond acceptors (Lipinski definition) is 3. The van der Waals surface area contributed by atoms with E-state index in [1.807, 2.05) is 19.1 Å². The molecule has 0 aromatic heterocycles. The second kappa shape index (κ2) is 9.98. The number of rotatable bonds is 8. The van der Waals surface area contributed by atoms with Crippen LogP contribution in [0.3, 0.4) is 0 Å². The molecule has 2 amide bonds. The highest BCUT2D eigenvalue weighted by molar-refractivity contribution is 5.82. The Bertz CT molecular complexity index is 1010. The van der Waals surface area contributed by atoms with Crippen LogP contribution < -0.4 is 10.1 Å². The molecule has 4 rings (SSSR count). The molecule has 1 aliphatic heterocycles. The fourth-order valence-electron chi connectivity index (χ4n) is 4.57. The Morgan fingerprint density at radius 2 is 1.94 bits per heavy atom. The van der Waals surface area contributed by atoms with Crippen molar-refractivity contribution in [2.45, 2.75) is 65.5 Å². The predicted octanol–water partition coefficient (Wildman–Crippen LogP) is 4.81. The molecular weight excluding hydrogens is 412 g/mol. The maximum absolute atomic E-state index is 13.2. The standard InChI is InChI=1S/C28H36N2O3/c1-5-25(27(31)29-17-18(2)3)33-23-12-11-20-13-14-30(28(32)21-9-10-21)26(24(20)16-23)22-8-6-7-19(4)15-22/h6-8,11-12,15-16,18,21,25-26H,5,9-10,13-14,17H2,1-4H3,(H,29,31). The molecular formula is C28H36N2O3. The van der Waals surface area contributed by atoms with Crippen LogP contribution >= 0.6 is 0 Å². The number of carbonyl (C=O) groups excluding carboxylic acids is 2. The first kappa shape index (κ1) is 23.3. The summed E-state index contributed by atoms with van der Waals surface area (Å²) >= 11 is 0. The van der Waals surface area contributed by atoms with Gasteiger partial charge in [0, 0.05) is 19.0 Å². The lowest BCUT2D eigenvalue weighted by Crippen LogP contribution is -2.41. The van der Waals surface area contributed by atoms with E-state index < -0.39 is 6.10 Å². The van der Waals surface area contributed by atoms with Gasteiger partial charge in [-0.2, -0.15) is 0 Å². The van der Waals surface area contributed by atoms with Crippen LogP contribution in [-0.2, 0) is 16.0 Å². The zero-order chi connectivity index (χ0) is 23.5. The Kier molecular flexibility index (Phi) is 7.06. The van der Waals surface area contributed by atoms with E-state index in [0.717, 1.165) is 36.9 Å². The number of nitrogens with one attached hydrogen (secondary N) is 1. The zero-order valence-corrected chi connectivity index (χ0v) is 20.3. The molecule has 2 aliphatic rings. The highest BCUT2D eigenvalue weighted by Crippen LogP contribution is 2.41. The maximum Gasteiger partial charge on any atom is 0.261 e. The Balaban J connectivity index is 1.64. The first-order chi connectivity index (χ1) is 15.9. The van der Waals surface area contributed by atoms with Gasteiger partial charge in [-0.3, -0.25) is 9.59 Å². The third kappa shape index (κ3) is 5.40. The van der Waals surface area contributed by atoms with Gasteiger partial charge in [0.1, 0.15) is 5.75 Å². The van der Waals surface area contributed by atoms with Crippen molar-refractivity contribution in [2.24, 2.45) is 11.8 Å². The van der Waals surface area contributed by atoms with Crippen molar-refractivity contribution in [1.82, 2.24) is 10.2 Å². The summed E-state index contributed by atoms with van der Waals surface area (Å²) in [5.74, 6) is 1.43. The van der Waals surface area contributed by atoms with E-state index in [1.54, 1.807) is 0 Å². The predicted molar refractivity (Wildman–Crippen MR) is 130 cm³/mol. The Hall–Kier alpha value is -2.82. The highest BCUT2D eigenvalue weighted by Gasteiger charge is 2.39. The quantitative estimate of drug-likeness (QED) is 0.631. The van der Waals surface area contributed by atoms with Crippen LogP contribution in [0.1, 0.15) is 68.3 Å². The second-order valence-corrected chi connectivity index (χ2v) is 9.89. The maximum atomic E-state index is 13.2. The molecule has 33 heavy (non-hydrogen) atoms. The largest absolute Gasteiger partial charge is 0.481 e. The fraction of sp³-hybridized carbons (Fsp3) is 0.500. The summed E-state index contributed by atoms with van der Waals surface area (Å²) in [4.78, 5) is 27.9. The number of nitrogens with zero attached hydrogens (tertiary/aromatic N) is 1. The fourth-order valence-corrected chi connectivity index (χ4v) is 4.57. The highest BCUT2D eigenvalue weighted by atomic mass is 16.5. The van der Waals surface area contributed by atoms with E-state index in [4.69, 9.17) is 4.74 Å². The molecule has 0 spiro atoms. The van der Waals surface area contributed by atoms with E-state index in [9.17, 15) is 9.59 Å². The number of fused-ring (bicyclic) bond motifs is 1. The molecule has 176 valence electrons. The van der Waals surface area contributed by atoms with Crippen molar-refractivity contribution in [1.29, 1.82) is 0 Å². The minimum atomic E-state index is -0.535. The van der Waals surface area contributed by atoms with E-state index in [1.165, 1.54) is 11.1 Å². The molecule has 1 N–H and O–H groups in total. The first-order valence-corrected chi connectivity index (χ1v) is 12.3. The number of amides is 2. The van der Waals surface area contributed by atoms with Gasteiger partial charge in [0.25, 0.3) is 5.91 Å². The van der Waals surface area contributed by atoms with Gasteiger partial charge in [0.15, 0.2) is 6.10 Å². The van der Waals surface area contributed by atoms with Crippen molar-refractivity contribution in [3.05, 3.63) is 64.7 Å². The van der Waals surface area contributed by atoms with Gasteiger partial charge in [0.2, 0.25) is 5.91 Å². The third-order valence-electron chi connectivity index (χ3n) is 6.54. The number of hydrogen-bond donors (Lipinski definition) is 1. The number of ether oxygens (including phenoxy) is 1. The van der Waals surface area contributed by atoms with Crippen LogP contribution in [0.5, 0.6) is 5.75 Å². The molecule has 2 unspecified atom stereocenters. The topological polar surface area (TPSA) is 58.6 Å². The third-order valence-corrected chi connectivity index (χ3v) is 6.54. The molecule has 1 saturated carbocycles.